The summed E-state index contributed by atoms with van der Waals surface area (Å²) in [6.45, 7) is 2.93. The molecule has 0 aromatic heterocycles. The van der Waals surface area contributed by atoms with E-state index in [-0.39, 0.29) is 0 Å². The largest absolute Gasteiger partial charge is 0.324 e. The highest BCUT2D eigenvalue weighted by Crippen LogP contribution is 2.30. The van der Waals surface area contributed by atoms with Crippen molar-refractivity contribution in [2.24, 2.45) is 0 Å². The van der Waals surface area contributed by atoms with Crippen molar-refractivity contribution in [1.29, 1.82) is 0 Å². The monoisotopic (exact) mass is 182 g/mol. The van der Waals surface area contributed by atoms with Crippen LogP contribution >= 0.6 is 0 Å². The Bertz CT molecular complexity index is 153. The first-order chi connectivity index (χ1) is 6.31. The highest BCUT2D eigenvalue weighted by atomic mass is 15.4. The third-order valence-electron chi connectivity index (χ3n) is 4.29. The second kappa shape index (κ2) is 4.00. The van der Waals surface area contributed by atoms with E-state index in [2.05, 4.69) is 7.05 Å². The summed E-state index contributed by atoms with van der Waals surface area (Å²) in [7, 11) is 2.51. The van der Waals surface area contributed by atoms with E-state index in [4.69, 9.17) is 0 Å². The molecule has 0 radical (unpaired) electrons. The van der Waals surface area contributed by atoms with Crippen molar-refractivity contribution in [2.45, 2.75) is 57.4 Å². The van der Waals surface area contributed by atoms with E-state index in [1.54, 1.807) is 0 Å². The molecule has 2 fully saturated rings. The Kier molecular flexibility index (Phi) is 2.92. The van der Waals surface area contributed by atoms with Crippen LogP contribution in [0.25, 0.3) is 0 Å². The van der Waals surface area contributed by atoms with Crippen molar-refractivity contribution in [3.63, 3.8) is 0 Å². The summed E-state index contributed by atoms with van der Waals surface area (Å²) in [5.74, 6) is 0. The topological polar surface area (TPSA) is 0 Å². The summed E-state index contributed by atoms with van der Waals surface area (Å²) < 4.78 is 1.42. The van der Waals surface area contributed by atoms with Gasteiger partial charge in [-0.25, -0.2) is 0 Å². The molecule has 0 bridgehead atoms. The fraction of sp³-hybridized carbons (Fsp3) is 1.00. The van der Waals surface area contributed by atoms with Gasteiger partial charge in [-0.1, -0.05) is 6.42 Å². The van der Waals surface area contributed by atoms with Gasteiger partial charge in [0.25, 0.3) is 0 Å². The van der Waals surface area contributed by atoms with Gasteiger partial charge in [0, 0.05) is 0 Å². The maximum atomic E-state index is 2.51. The van der Waals surface area contributed by atoms with E-state index in [1.165, 1.54) is 68.9 Å². The van der Waals surface area contributed by atoms with Crippen LogP contribution in [-0.2, 0) is 0 Å². The third kappa shape index (κ3) is 2.07. The average Bonchev–Trinajstić information content (AvgIpc) is 2.20. The molecule has 1 heterocycles. The molecule has 1 aliphatic heterocycles. The Hall–Kier alpha value is -0.0400. The predicted molar refractivity (Wildman–Crippen MR) is 56.6 cm³/mol. The quantitative estimate of drug-likeness (QED) is 0.547. The van der Waals surface area contributed by atoms with E-state index >= 15 is 0 Å². The van der Waals surface area contributed by atoms with Gasteiger partial charge in [-0.15, -0.1) is 0 Å². The zero-order valence-corrected chi connectivity index (χ0v) is 9.10. The van der Waals surface area contributed by atoms with Crippen molar-refractivity contribution in [3.8, 4) is 0 Å². The van der Waals surface area contributed by atoms with Crippen molar-refractivity contribution in [1.82, 2.24) is 0 Å². The lowest BCUT2D eigenvalue weighted by Gasteiger charge is -2.45. The third-order valence-corrected chi connectivity index (χ3v) is 4.29. The molecule has 0 aromatic rings. The van der Waals surface area contributed by atoms with Gasteiger partial charge in [0.15, 0.2) is 0 Å². The van der Waals surface area contributed by atoms with Gasteiger partial charge in [-0.3, -0.25) is 0 Å². The first-order valence-corrected chi connectivity index (χ1v) is 6.15. The SMILES string of the molecule is C[N+]1(C2CCCCC2)CCCCC1. The lowest BCUT2D eigenvalue weighted by atomic mass is 9.91. The molecule has 0 atom stereocenters. The fourth-order valence-electron chi connectivity index (χ4n) is 3.30. The normalized spacial score (nSPS) is 30.2. The van der Waals surface area contributed by atoms with E-state index in [9.17, 15) is 0 Å². The second-order valence-electron chi connectivity index (χ2n) is 5.28. The van der Waals surface area contributed by atoms with Crippen LogP contribution in [-0.4, -0.2) is 30.7 Å². The highest BCUT2D eigenvalue weighted by Gasteiger charge is 2.34. The molecule has 13 heavy (non-hydrogen) atoms. The summed E-state index contributed by atoms with van der Waals surface area (Å²) in [5.41, 5.74) is 0. The summed E-state index contributed by atoms with van der Waals surface area (Å²) >= 11 is 0. The smallest absolute Gasteiger partial charge is 0.0888 e. The van der Waals surface area contributed by atoms with Crippen LogP contribution in [0.4, 0.5) is 0 Å². The standard InChI is InChI=1S/C12H24N/c1-13(10-6-3-7-11-13)12-8-4-2-5-9-12/h12H,2-11H2,1H3/q+1. The molecule has 0 N–H and O–H groups in total. The van der Waals surface area contributed by atoms with Crippen LogP contribution < -0.4 is 0 Å². The molecule has 2 aliphatic rings. The second-order valence-corrected chi connectivity index (χ2v) is 5.28. The van der Waals surface area contributed by atoms with E-state index in [1.807, 2.05) is 0 Å². The number of quaternary nitrogens is 1. The number of hydrogen-bond donors (Lipinski definition) is 0. The van der Waals surface area contributed by atoms with Gasteiger partial charge in [-0.2, -0.15) is 0 Å². The lowest BCUT2D eigenvalue weighted by Crippen LogP contribution is -2.55. The highest BCUT2D eigenvalue weighted by molar-refractivity contribution is 4.68. The molecule has 1 aliphatic carbocycles. The molecule has 1 saturated carbocycles. The van der Waals surface area contributed by atoms with Crippen molar-refractivity contribution in [2.75, 3.05) is 20.1 Å². The van der Waals surface area contributed by atoms with Crippen molar-refractivity contribution >= 4 is 0 Å². The minimum absolute atomic E-state index is 1.02. The molecule has 1 saturated heterocycles. The Labute approximate surface area is 82.7 Å². The maximum absolute atomic E-state index is 2.51. The first kappa shape index (κ1) is 9.51. The van der Waals surface area contributed by atoms with Gasteiger partial charge in [0.1, 0.15) is 0 Å². The van der Waals surface area contributed by atoms with Crippen LogP contribution in [0.2, 0.25) is 0 Å². The van der Waals surface area contributed by atoms with Crippen molar-refractivity contribution in [3.05, 3.63) is 0 Å². The van der Waals surface area contributed by atoms with E-state index < -0.39 is 0 Å². The minimum Gasteiger partial charge on any atom is -0.324 e. The van der Waals surface area contributed by atoms with Crippen LogP contribution in [0, 0.1) is 0 Å². The molecular formula is C12H24N+. The van der Waals surface area contributed by atoms with Crippen LogP contribution in [0.1, 0.15) is 51.4 Å². The Morgan fingerprint density at radius 2 is 1.31 bits per heavy atom. The van der Waals surface area contributed by atoms with Gasteiger partial charge >= 0.3 is 0 Å². The molecule has 1 heteroatoms. The molecule has 0 unspecified atom stereocenters. The van der Waals surface area contributed by atoms with Gasteiger partial charge in [0.05, 0.1) is 26.2 Å². The number of nitrogens with zero attached hydrogens (tertiary/aromatic N) is 1. The lowest BCUT2D eigenvalue weighted by molar-refractivity contribution is -0.938. The maximum Gasteiger partial charge on any atom is 0.0888 e. The van der Waals surface area contributed by atoms with E-state index in [0.717, 1.165) is 6.04 Å². The molecular weight excluding hydrogens is 158 g/mol. The van der Waals surface area contributed by atoms with Gasteiger partial charge in [0.2, 0.25) is 0 Å². The van der Waals surface area contributed by atoms with Crippen LogP contribution in [0.5, 0.6) is 0 Å². The summed E-state index contributed by atoms with van der Waals surface area (Å²) in [4.78, 5) is 0. The van der Waals surface area contributed by atoms with Gasteiger partial charge < -0.3 is 4.48 Å². The minimum atomic E-state index is 1.02. The Balaban J connectivity index is 1.94. The Morgan fingerprint density at radius 3 is 1.92 bits per heavy atom. The molecule has 76 valence electrons. The summed E-state index contributed by atoms with van der Waals surface area (Å²) in [6.07, 6.45) is 12.0. The molecule has 2 rings (SSSR count). The molecule has 1 nitrogen and oxygen atoms in total. The number of likely N-dealkylation sites (tertiary alicyclic amines) is 1. The van der Waals surface area contributed by atoms with E-state index in [0.29, 0.717) is 0 Å². The number of hydrogen-bond acceptors (Lipinski definition) is 0. The molecule has 0 aromatic carbocycles. The number of rotatable bonds is 1. The van der Waals surface area contributed by atoms with Crippen molar-refractivity contribution < 1.29 is 4.48 Å². The van der Waals surface area contributed by atoms with Crippen LogP contribution in [0.3, 0.4) is 0 Å². The fourth-order valence-corrected chi connectivity index (χ4v) is 3.30. The summed E-state index contributed by atoms with van der Waals surface area (Å²) in [6, 6.07) is 1.02. The Morgan fingerprint density at radius 1 is 0.769 bits per heavy atom. The zero-order chi connectivity index (χ0) is 9.15. The average molecular weight is 182 g/mol. The molecule has 0 amide bonds. The van der Waals surface area contributed by atoms with Gasteiger partial charge in [-0.05, 0) is 44.9 Å². The first-order valence-electron chi connectivity index (χ1n) is 6.15. The van der Waals surface area contributed by atoms with Crippen LogP contribution in [0.15, 0.2) is 0 Å². The molecule has 0 spiro atoms. The summed E-state index contributed by atoms with van der Waals surface area (Å²) in [5, 5.41) is 0. The number of piperidine rings is 1. The predicted octanol–water partition coefficient (Wildman–Crippen LogP) is 2.95. The zero-order valence-electron chi connectivity index (χ0n) is 9.10.